The molecule has 0 amide bonds. The Labute approximate surface area is 135 Å². The lowest BCUT2D eigenvalue weighted by molar-refractivity contribution is 0.167. The lowest BCUT2D eigenvalue weighted by atomic mass is 9.80. The maximum Gasteiger partial charge on any atom is 0.245 e. The van der Waals surface area contributed by atoms with Crippen molar-refractivity contribution in [3.05, 3.63) is 18.2 Å². The van der Waals surface area contributed by atoms with Crippen LogP contribution in [0.2, 0.25) is 0 Å². The second kappa shape index (κ2) is 5.25. The normalized spacial score (nSPS) is 26.3. The maximum absolute atomic E-state index is 13.2. The molecule has 4 rings (SSSR count). The number of nitrogens with one attached hydrogen (secondary N) is 1. The van der Waals surface area contributed by atoms with Gasteiger partial charge in [0.15, 0.2) is 0 Å². The summed E-state index contributed by atoms with van der Waals surface area (Å²) < 4.78 is 28.0. The van der Waals surface area contributed by atoms with Crippen LogP contribution in [0.15, 0.2) is 23.1 Å². The predicted molar refractivity (Wildman–Crippen MR) is 86.4 cm³/mol. The number of hydrogen-bond acceptors (Lipinski definition) is 5. The van der Waals surface area contributed by atoms with E-state index in [1.54, 1.807) is 29.6 Å². The van der Waals surface area contributed by atoms with Crippen LogP contribution in [0.3, 0.4) is 0 Å². The molecule has 2 aromatic rings. The van der Waals surface area contributed by atoms with Gasteiger partial charge in [0, 0.05) is 26.7 Å². The number of benzene rings is 1. The van der Waals surface area contributed by atoms with Gasteiger partial charge < -0.3 is 5.32 Å². The fourth-order valence-corrected chi connectivity index (χ4v) is 5.61. The van der Waals surface area contributed by atoms with E-state index in [0.717, 1.165) is 32.4 Å². The monoisotopic (exact) mass is 335 g/mol. The van der Waals surface area contributed by atoms with E-state index in [2.05, 4.69) is 15.5 Å². The second-order valence-electron chi connectivity index (χ2n) is 6.68. The number of nitrogens with zero attached hydrogens (tertiary/aromatic N) is 4. The highest BCUT2D eigenvalue weighted by Gasteiger charge is 2.42. The summed E-state index contributed by atoms with van der Waals surface area (Å²) in [5.74, 6) is 0. The molecule has 0 radical (unpaired) electrons. The van der Waals surface area contributed by atoms with Crippen LogP contribution in [-0.4, -0.2) is 53.9 Å². The van der Waals surface area contributed by atoms with E-state index >= 15 is 0 Å². The van der Waals surface area contributed by atoms with E-state index in [4.69, 9.17) is 0 Å². The molecule has 23 heavy (non-hydrogen) atoms. The highest BCUT2D eigenvalue weighted by Crippen LogP contribution is 2.38. The molecular weight excluding hydrogens is 314 g/mol. The van der Waals surface area contributed by atoms with E-state index < -0.39 is 10.0 Å². The standard InChI is InChI=1S/C15H21N5O2S/c1-19-17-12-4-2-5-13(14(12)18-19)23(21,22)20-9-3-6-15(11-20)7-8-16-10-15/h2,4-5,16H,3,6-11H2,1H3/t15-/m1/s1. The summed E-state index contributed by atoms with van der Waals surface area (Å²) in [5.41, 5.74) is 1.17. The molecule has 2 aliphatic rings. The molecule has 2 saturated heterocycles. The SMILES string of the molecule is Cn1nc2cccc(S(=O)(=O)N3CCC[C@]4(CCNC4)C3)c2n1. The number of rotatable bonds is 2. The fourth-order valence-electron chi connectivity index (χ4n) is 3.87. The third kappa shape index (κ3) is 2.45. The van der Waals surface area contributed by atoms with Crippen molar-refractivity contribution in [2.75, 3.05) is 26.2 Å². The third-order valence-corrected chi connectivity index (χ3v) is 6.93. The topological polar surface area (TPSA) is 80.1 Å². The van der Waals surface area contributed by atoms with Crippen LogP contribution in [0.4, 0.5) is 0 Å². The Morgan fingerprint density at radius 2 is 2.13 bits per heavy atom. The molecule has 0 aliphatic carbocycles. The van der Waals surface area contributed by atoms with Crippen LogP contribution in [-0.2, 0) is 17.1 Å². The smallest absolute Gasteiger partial charge is 0.245 e. The molecule has 0 unspecified atom stereocenters. The summed E-state index contributed by atoms with van der Waals surface area (Å²) in [6.07, 6.45) is 3.06. The Morgan fingerprint density at radius 3 is 2.91 bits per heavy atom. The van der Waals surface area contributed by atoms with Gasteiger partial charge >= 0.3 is 0 Å². The van der Waals surface area contributed by atoms with Crippen molar-refractivity contribution in [1.82, 2.24) is 24.6 Å². The third-order valence-electron chi connectivity index (χ3n) is 5.05. The summed E-state index contributed by atoms with van der Waals surface area (Å²) in [5, 5.41) is 11.8. The van der Waals surface area contributed by atoms with Crippen molar-refractivity contribution in [3.63, 3.8) is 0 Å². The maximum atomic E-state index is 13.2. The largest absolute Gasteiger partial charge is 0.316 e. The molecular formula is C15H21N5O2S. The number of aryl methyl sites for hydroxylation is 1. The first-order chi connectivity index (χ1) is 11.0. The molecule has 1 aromatic heterocycles. The van der Waals surface area contributed by atoms with E-state index in [0.29, 0.717) is 24.1 Å². The van der Waals surface area contributed by atoms with E-state index in [9.17, 15) is 8.42 Å². The first kappa shape index (κ1) is 15.0. The lowest BCUT2D eigenvalue weighted by Gasteiger charge is -2.39. The van der Waals surface area contributed by atoms with Crippen molar-refractivity contribution < 1.29 is 8.42 Å². The minimum atomic E-state index is -3.55. The van der Waals surface area contributed by atoms with E-state index in [1.165, 1.54) is 4.80 Å². The lowest BCUT2D eigenvalue weighted by Crippen LogP contribution is -2.47. The molecule has 8 heteroatoms. The van der Waals surface area contributed by atoms with E-state index in [-0.39, 0.29) is 10.3 Å². The number of aromatic nitrogens is 3. The molecule has 1 N–H and O–H groups in total. The Hall–Kier alpha value is -1.51. The minimum absolute atomic E-state index is 0.0988. The fraction of sp³-hybridized carbons (Fsp3) is 0.600. The first-order valence-electron chi connectivity index (χ1n) is 8.01. The molecule has 3 heterocycles. The van der Waals surface area contributed by atoms with Crippen molar-refractivity contribution >= 4 is 21.1 Å². The number of fused-ring (bicyclic) bond motifs is 1. The number of piperidine rings is 1. The van der Waals surface area contributed by atoms with Gasteiger partial charge in [-0.25, -0.2) is 8.42 Å². The summed E-state index contributed by atoms with van der Waals surface area (Å²) in [4.78, 5) is 1.69. The van der Waals surface area contributed by atoms with E-state index in [1.807, 2.05) is 0 Å². The Kier molecular flexibility index (Phi) is 3.44. The predicted octanol–water partition coefficient (Wildman–Crippen LogP) is 0.732. The second-order valence-corrected chi connectivity index (χ2v) is 8.59. The Bertz CT molecular complexity index is 839. The van der Waals surface area contributed by atoms with Gasteiger partial charge in [-0.3, -0.25) is 0 Å². The average Bonchev–Trinajstić information content (AvgIpc) is 3.12. The zero-order valence-electron chi connectivity index (χ0n) is 13.2. The quantitative estimate of drug-likeness (QED) is 0.875. The molecule has 1 aromatic carbocycles. The highest BCUT2D eigenvalue weighted by atomic mass is 32.2. The minimum Gasteiger partial charge on any atom is -0.316 e. The number of hydrogen-bond donors (Lipinski definition) is 1. The molecule has 2 aliphatic heterocycles. The highest BCUT2D eigenvalue weighted by molar-refractivity contribution is 7.89. The number of sulfonamides is 1. The van der Waals surface area contributed by atoms with Gasteiger partial charge in [-0.2, -0.15) is 19.3 Å². The van der Waals surface area contributed by atoms with Gasteiger partial charge in [0.2, 0.25) is 10.0 Å². The average molecular weight is 335 g/mol. The molecule has 1 atom stereocenters. The Morgan fingerprint density at radius 1 is 1.26 bits per heavy atom. The summed E-state index contributed by atoms with van der Waals surface area (Å²) in [6.45, 7) is 3.07. The van der Waals surface area contributed by atoms with Crippen LogP contribution in [0.5, 0.6) is 0 Å². The van der Waals surface area contributed by atoms with Crippen LogP contribution in [0.1, 0.15) is 19.3 Å². The zero-order valence-corrected chi connectivity index (χ0v) is 14.0. The summed E-state index contributed by atoms with van der Waals surface area (Å²) in [7, 11) is -1.84. The van der Waals surface area contributed by atoms with Gasteiger partial charge in [0.1, 0.15) is 15.9 Å². The molecule has 124 valence electrons. The van der Waals surface area contributed by atoms with Gasteiger partial charge in [0.05, 0.1) is 0 Å². The molecule has 0 saturated carbocycles. The summed E-state index contributed by atoms with van der Waals surface area (Å²) in [6, 6.07) is 5.17. The van der Waals surface area contributed by atoms with Gasteiger partial charge in [-0.1, -0.05) is 6.07 Å². The Balaban J connectivity index is 1.74. The molecule has 0 bridgehead atoms. The van der Waals surface area contributed by atoms with Gasteiger partial charge in [-0.15, -0.1) is 0 Å². The van der Waals surface area contributed by atoms with Crippen molar-refractivity contribution in [1.29, 1.82) is 0 Å². The summed E-state index contributed by atoms with van der Waals surface area (Å²) >= 11 is 0. The van der Waals surface area contributed by atoms with Crippen molar-refractivity contribution in [2.45, 2.75) is 24.2 Å². The first-order valence-corrected chi connectivity index (χ1v) is 9.45. The van der Waals surface area contributed by atoms with Crippen LogP contribution >= 0.6 is 0 Å². The van der Waals surface area contributed by atoms with Gasteiger partial charge in [-0.05, 0) is 43.4 Å². The van der Waals surface area contributed by atoms with Crippen molar-refractivity contribution in [3.8, 4) is 0 Å². The van der Waals surface area contributed by atoms with Crippen LogP contribution in [0.25, 0.3) is 11.0 Å². The van der Waals surface area contributed by atoms with Crippen LogP contribution in [0, 0.1) is 5.41 Å². The zero-order chi connectivity index (χ0) is 16.1. The van der Waals surface area contributed by atoms with Crippen LogP contribution < -0.4 is 5.32 Å². The molecule has 2 fully saturated rings. The van der Waals surface area contributed by atoms with Crippen molar-refractivity contribution in [2.24, 2.45) is 12.5 Å². The van der Waals surface area contributed by atoms with Gasteiger partial charge in [0.25, 0.3) is 0 Å². The molecule has 7 nitrogen and oxygen atoms in total. The molecule has 1 spiro atoms.